The van der Waals surface area contributed by atoms with Crippen LogP contribution in [0.25, 0.3) is 0 Å². The summed E-state index contributed by atoms with van der Waals surface area (Å²) in [5.74, 6) is 0.447. The summed E-state index contributed by atoms with van der Waals surface area (Å²) in [4.78, 5) is 0. The van der Waals surface area contributed by atoms with Crippen molar-refractivity contribution in [3.63, 3.8) is 0 Å². The Balaban J connectivity index is 2.93. The highest BCUT2D eigenvalue weighted by Gasteiger charge is 2.05. The third kappa shape index (κ3) is 2.07. The number of hydrogen-bond donors (Lipinski definition) is 0. The Morgan fingerprint density at radius 2 is 1.85 bits per heavy atom. The lowest BCUT2D eigenvalue weighted by Gasteiger charge is -2.08. The molecule has 0 unspecified atom stereocenters. The highest BCUT2D eigenvalue weighted by molar-refractivity contribution is 5.51. The fourth-order valence-corrected chi connectivity index (χ4v) is 1.17. The van der Waals surface area contributed by atoms with Crippen LogP contribution in [0.15, 0.2) is 35.5 Å². The van der Waals surface area contributed by atoms with Gasteiger partial charge in [0.15, 0.2) is 0 Å². The summed E-state index contributed by atoms with van der Waals surface area (Å²) in [5.41, 5.74) is 0.900. The number of hydrogen-bond acceptors (Lipinski definition) is 2. The van der Waals surface area contributed by atoms with Gasteiger partial charge in [0, 0.05) is 5.57 Å². The van der Waals surface area contributed by atoms with Gasteiger partial charge in [0.05, 0.1) is 0 Å². The fourth-order valence-electron chi connectivity index (χ4n) is 1.17. The molecule has 0 saturated carbocycles. The van der Waals surface area contributed by atoms with Crippen molar-refractivity contribution in [2.24, 2.45) is 5.92 Å². The van der Waals surface area contributed by atoms with E-state index in [1.54, 1.807) is 0 Å². The summed E-state index contributed by atoms with van der Waals surface area (Å²) in [6, 6.07) is 3.74. The second-order valence-corrected chi connectivity index (χ2v) is 2.84. The predicted octanol–water partition coefficient (Wildman–Crippen LogP) is 2.48. The molecule has 0 N–H and O–H groups in total. The Labute approximate surface area is 78.1 Å². The van der Waals surface area contributed by atoms with Crippen LogP contribution in [0.3, 0.4) is 0 Å². The second-order valence-electron chi connectivity index (χ2n) is 2.84. The molecule has 0 saturated heterocycles. The van der Waals surface area contributed by atoms with Crippen LogP contribution in [0.4, 0.5) is 0 Å². The molecule has 13 heavy (non-hydrogen) atoms. The molecule has 0 amide bonds. The van der Waals surface area contributed by atoms with Crippen LogP contribution in [-0.2, 0) is 0 Å². The largest absolute Gasteiger partial charge is 0.192 e. The highest BCUT2D eigenvalue weighted by atomic mass is 14.3. The normalized spacial score (nSPS) is 19.3. The van der Waals surface area contributed by atoms with Gasteiger partial charge >= 0.3 is 0 Å². The van der Waals surface area contributed by atoms with E-state index in [0.717, 1.165) is 12.0 Å². The van der Waals surface area contributed by atoms with Gasteiger partial charge in [-0.3, -0.25) is 0 Å². The molecule has 0 fully saturated rings. The third-order valence-corrected chi connectivity index (χ3v) is 2.03. The molecule has 1 aliphatic carbocycles. The molecule has 1 aliphatic rings. The maximum Gasteiger partial charge on any atom is 0.136 e. The maximum atomic E-state index is 8.60. The molecule has 64 valence electrons. The number of nitriles is 2. The molecule has 2 nitrogen and oxygen atoms in total. The lowest BCUT2D eigenvalue weighted by molar-refractivity contribution is 0.768. The smallest absolute Gasteiger partial charge is 0.136 e. The van der Waals surface area contributed by atoms with Gasteiger partial charge in [0.1, 0.15) is 17.7 Å². The van der Waals surface area contributed by atoms with Crippen molar-refractivity contribution in [1.82, 2.24) is 0 Å². The van der Waals surface area contributed by atoms with Crippen LogP contribution in [0.2, 0.25) is 0 Å². The maximum absolute atomic E-state index is 8.60. The summed E-state index contributed by atoms with van der Waals surface area (Å²) >= 11 is 0. The number of allylic oxidation sites excluding steroid dienone is 6. The summed E-state index contributed by atoms with van der Waals surface area (Å²) in [7, 11) is 0. The molecular weight excluding hydrogens is 160 g/mol. The average molecular weight is 170 g/mol. The van der Waals surface area contributed by atoms with Crippen molar-refractivity contribution >= 4 is 0 Å². The van der Waals surface area contributed by atoms with E-state index in [-0.39, 0.29) is 5.57 Å². The van der Waals surface area contributed by atoms with Gasteiger partial charge in [-0.15, -0.1) is 0 Å². The van der Waals surface area contributed by atoms with E-state index in [1.807, 2.05) is 36.4 Å². The van der Waals surface area contributed by atoms with Gasteiger partial charge in [0.25, 0.3) is 0 Å². The van der Waals surface area contributed by atoms with Gasteiger partial charge < -0.3 is 0 Å². The molecule has 0 aromatic carbocycles. The molecule has 0 aliphatic heterocycles. The lowest BCUT2D eigenvalue weighted by Crippen LogP contribution is -1.95. The first kappa shape index (κ1) is 9.29. The summed E-state index contributed by atoms with van der Waals surface area (Å²) in [6.45, 7) is 2.10. The molecular formula is C11H10N2. The summed E-state index contributed by atoms with van der Waals surface area (Å²) in [5, 5.41) is 17.2. The van der Waals surface area contributed by atoms with E-state index in [9.17, 15) is 0 Å². The van der Waals surface area contributed by atoms with Crippen LogP contribution in [-0.4, -0.2) is 0 Å². The van der Waals surface area contributed by atoms with E-state index in [0.29, 0.717) is 5.92 Å². The number of nitrogens with zero attached hydrogens (tertiary/aromatic N) is 2. The minimum Gasteiger partial charge on any atom is -0.192 e. The quantitative estimate of drug-likeness (QED) is 0.567. The van der Waals surface area contributed by atoms with Crippen molar-refractivity contribution in [2.45, 2.75) is 13.3 Å². The Bertz CT molecular complexity index is 327. The molecule has 0 aromatic heterocycles. The minimum absolute atomic E-state index is 0.182. The van der Waals surface area contributed by atoms with E-state index in [1.165, 1.54) is 0 Å². The Hall–Kier alpha value is -1.80. The van der Waals surface area contributed by atoms with Crippen molar-refractivity contribution in [3.8, 4) is 12.1 Å². The molecule has 2 heteroatoms. The zero-order valence-electron chi connectivity index (χ0n) is 7.49. The van der Waals surface area contributed by atoms with Crippen LogP contribution in [0.1, 0.15) is 13.3 Å². The van der Waals surface area contributed by atoms with Crippen LogP contribution < -0.4 is 0 Å². The summed E-state index contributed by atoms with van der Waals surface area (Å²) < 4.78 is 0. The first-order valence-electron chi connectivity index (χ1n) is 4.22. The zero-order valence-corrected chi connectivity index (χ0v) is 7.49. The third-order valence-electron chi connectivity index (χ3n) is 2.03. The molecule has 0 spiro atoms. The lowest BCUT2D eigenvalue weighted by atomic mass is 9.96. The summed E-state index contributed by atoms with van der Waals surface area (Å²) in [6.07, 6.45) is 8.77. The first-order chi connectivity index (χ1) is 6.31. The average Bonchev–Trinajstić information content (AvgIpc) is 2.21. The second kappa shape index (κ2) is 4.28. The van der Waals surface area contributed by atoms with Crippen molar-refractivity contribution in [1.29, 1.82) is 10.5 Å². The number of rotatable bonds is 1. The molecule has 0 atom stereocenters. The Morgan fingerprint density at radius 1 is 1.31 bits per heavy atom. The molecule has 0 heterocycles. The molecule has 0 radical (unpaired) electrons. The Morgan fingerprint density at radius 3 is 2.23 bits per heavy atom. The van der Waals surface area contributed by atoms with Gasteiger partial charge in [-0.05, 0) is 12.3 Å². The minimum atomic E-state index is 0.182. The molecule has 1 rings (SSSR count). The Kier molecular flexibility index (Phi) is 3.06. The van der Waals surface area contributed by atoms with Crippen LogP contribution in [0.5, 0.6) is 0 Å². The van der Waals surface area contributed by atoms with Crippen LogP contribution >= 0.6 is 0 Å². The standard InChI is InChI=1S/C11H10N2/c1-2-9-3-5-10(6-4-9)11(7-12)8-13/h3-6,9H,2H2,1H3. The SMILES string of the molecule is CCC1C=CC(=C(C#N)C#N)C=C1. The van der Waals surface area contributed by atoms with Gasteiger partial charge in [-0.25, -0.2) is 0 Å². The van der Waals surface area contributed by atoms with Crippen LogP contribution in [0, 0.1) is 28.6 Å². The van der Waals surface area contributed by atoms with Gasteiger partial charge in [-0.1, -0.05) is 31.2 Å². The van der Waals surface area contributed by atoms with Crippen molar-refractivity contribution in [3.05, 3.63) is 35.5 Å². The first-order valence-corrected chi connectivity index (χ1v) is 4.22. The van der Waals surface area contributed by atoms with E-state index >= 15 is 0 Å². The predicted molar refractivity (Wildman–Crippen MR) is 50.3 cm³/mol. The van der Waals surface area contributed by atoms with Crippen molar-refractivity contribution in [2.75, 3.05) is 0 Å². The van der Waals surface area contributed by atoms with Gasteiger partial charge in [-0.2, -0.15) is 10.5 Å². The molecule has 0 bridgehead atoms. The van der Waals surface area contributed by atoms with Gasteiger partial charge in [0.2, 0.25) is 0 Å². The highest BCUT2D eigenvalue weighted by Crippen LogP contribution is 2.18. The topological polar surface area (TPSA) is 47.6 Å². The molecule has 0 aromatic rings. The van der Waals surface area contributed by atoms with E-state index < -0.39 is 0 Å². The monoisotopic (exact) mass is 170 g/mol. The van der Waals surface area contributed by atoms with E-state index in [2.05, 4.69) is 6.92 Å². The zero-order chi connectivity index (χ0) is 9.68. The van der Waals surface area contributed by atoms with E-state index in [4.69, 9.17) is 10.5 Å². The fraction of sp³-hybridized carbons (Fsp3) is 0.273. The van der Waals surface area contributed by atoms with Crippen molar-refractivity contribution < 1.29 is 0 Å².